The molecular weight excluding hydrogens is 306 g/mol. The van der Waals surface area contributed by atoms with Gasteiger partial charge in [0.2, 0.25) is 0 Å². The molecule has 0 unspecified atom stereocenters. The molecule has 1 aliphatic heterocycles. The zero-order valence-corrected chi connectivity index (χ0v) is 14.8. The molecule has 2 heterocycles. The maximum Gasteiger partial charge on any atom is 0.0568 e. The van der Waals surface area contributed by atoms with Gasteiger partial charge in [-0.1, -0.05) is 60.2 Å². The molecule has 3 aromatic rings. The lowest BCUT2D eigenvalue weighted by atomic mass is 9.90. The first kappa shape index (κ1) is 16.1. The predicted octanol–water partition coefficient (Wildman–Crippen LogP) is 4.76. The van der Waals surface area contributed by atoms with E-state index in [4.69, 9.17) is 0 Å². The largest absolute Gasteiger partial charge is 0.298 e. The third kappa shape index (κ3) is 3.67. The number of aromatic amines is 1. The van der Waals surface area contributed by atoms with Crippen LogP contribution >= 0.6 is 0 Å². The molecule has 1 N–H and O–H groups in total. The molecule has 1 aromatic heterocycles. The smallest absolute Gasteiger partial charge is 0.0568 e. The van der Waals surface area contributed by atoms with Crippen LogP contribution in [-0.2, 0) is 6.54 Å². The molecule has 1 aliphatic rings. The number of nitrogens with zero attached hydrogens (tertiary/aromatic N) is 2. The van der Waals surface area contributed by atoms with Crippen LogP contribution in [0.5, 0.6) is 0 Å². The van der Waals surface area contributed by atoms with Crippen LogP contribution in [0.15, 0.2) is 60.8 Å². The van der Waals surface area contributed by atoms with Gasteiger partial charge in [0.05, 0.1) is 6.20 Å². The Morgan fingerprint density at radius 2 is 2.00 bits per heavy atom. The molecule has 25 heavy (non-hydrogen) atoms. The van der Waals surface area contributed by atoms with Crippen LogP contribution < -0.4 is 0 Å². The zero-order valence-electron chi connectivity index (χ0n) is 14.8. The quantitative estimate of drug-likeness (QED) is 0.747. The van der Waals surface area contributed by atoms with E-state index in [0.29, 0.717) is 5.92 Å². The Balaban J connectivity index is 1.53. The van der Waals surface area contributed by atoms with Crippen LogP contribution in [0.2, 0.25) is 0 Å². The number of aryl methyl sites for hydroxylation is 1. The van der Waals surface area contributed by atoms with E-state index >= 15 is 0 Å². The number of nitrogens with one attached hydrogen (secondary N) is 1. The maximum atomic E-state index is 4.37. The molecule has 0 amide bonds. The van der Waals surface area contributed by atoms with Crippen LogP contribution in [0.4, 0.5) is 0 Å². The van der Waals surface area contributed by atoms with Gasteiger partial charge in [-0.15, -0.1) is 0 Å². The Hall–Kier alpha value is -2.39. The summed E-state index contributed by atoms with van der Waals surface area (Å²) in [5.41, 5.74) is 6.51. The Labute approximate surface area is 149 Å². The lowest BCUT2D eigenvalue weighted by Gasteiger charge is -2.32. The molecule has 3 heteroatoms. The molecular formula is C22H25N3. The molecule has 1 atom stereocenters. The lowest BCUT2D eigenvalue weighted by molar-refractivity contribution is 0.198. The van der Waals surface area contributed by atoms with Crippen molar-refractivity contribution in [3.63, 3.8) is 0 Å². The molecule has 0 bridgehead atoms. The van der Waals surface area contributed by atoms with E-state index < -0.39 is 0 Å². The van der Waals surface area contributed by atoms with Crippen molar-refractivity contribution >= 4 is 0 Å². The molecule has 2 aromatic carbocycles. The van der Waals surface area contributed by atoms with Crippen molar-refractivity contribution in [1.29, 1.82) is 0 Å². The maximum absolute atomic E-state index is 4.37. The van der Waals surface area contributed by atoms with Crippen molar-refractivity contribution in [1.82, 2.24) is 15.1 Å². The Bertz CT molecular complexity index is 822. The fourth-order valence-electron chi connectivity index (χ4n) is 3.93. The minimum absolute atomic E-state index is 0.524. The van der Waals surface area contributed by atoms with Crippen molar-refractivity contribution < 1.29 is 0 Å². The summed E-state index contributed by atoms with van der Waals surface area (Å²) in [6.45, 7) is 5.45. The van der Waals surface area contributed by atoms with Crippen LogP contribution in [-0.4, -0.2) is 28.2 Å². The topological polar surface area (TPSA) is 31.9 Å². The average molecular weight is 331 g/mol. The minimum atomic E-state index is 0.524. The second-order valence-corrected chi connectivity index (χ2v) is 7.13. The van der Waals surface area contributed by atoms with E-state index in [1.54, 1.807) is 0 Å². The van der Waals surface area contributed by atoms with E-state index in [-0.39, 0.29) is 0 Å². The van der Waals surface area contributed by atoms with Gasteiger partial charge in [0.25, 0.3) is 0 Å². The Morgan fingerprint density at radius 1 is 1.12 bits per heavy atom. The number of hydrogen-bond donors (Lipinski definition) is 1. The second-order valence-electron chi connectivity index (χ2n) is 7.13. The molecule has 0 spiro atoms. The van der Waals surface area contributed by atoms with Gasteiger partial charge in [-0.05, 0) is 37.4 Å². The van der Waals surface area contributed by atoms with Gasteiger partial charge in [0.15, 0.2) is 0 Å². The minimum Gasteiger partial charge on any atom is -0.298 e. The SMILES string of the molecule is Cc1cccc(-c2cn[nH]c2[C@@H]2CCCN(Cc3ccccc3)C2)c1. The number of aromatic nitrogens is 2. The van der Waals surface area contributed by atoms with Gasteiger partial charge in [-0.2, -0.15) is 5.10 Å². The number of benzene rings is 2. The molecule has 0 saturated carbocycles. The van der Waals surface area contributed by atoms with Crippen molar-refractivity contribution in [3.05, 3.63) is 77.6 Å². The number of H-pyrrole nitrogens is 1. The summed E-state index contributed by atoms with van der Waals surface area (Å²) >= 11 is 0. The summed E-state index contributed by atoms with van der Waals surface area (Å²) in [7, 11) is 0. The first-order valence-corrected chi connectivity index (χ1v) is 9.16. The number of piperidine rings is 1. The highest BCUT2D eigenvalue weighted by atomic mass is 15.1. The second kappa shape index (κ2) is 7.24. The predicted molar refractivity (Wildman–Crippen MR) is 102 cm³/mol. The molecule has 1 fully saturated rings. The summed E-state index contributed by atoms with van der Waals surface area (Å²) in [4.78, 5) is 2.57. The number of likely N-dealkylation sites (tertiary alicyclic amines) is 1. The van der Waals surface area contributed by atoms with Gasteiger partial charge >= 0.3 is 0 Å². The highest BCUT2D eigenvalue weighted by molar-refractivity contribution is 5.66. The van der Waals surface area contributed by atoms with Gasteiger partial charge in [0.1, 0.15) is 0 Å². The summed E-state index contributed by atoms with van der Waals surface area (Å²) in [6.07, 6.45) is 4.45. The zero-order chi connectivity index (χ0) is 17.1. The summed E-state index contributed by atoms with van der Waals surface area (Å²) < 4.78 is 0. The first-order valence-electron chi connectivity index (χ1n) is 9.16. The molecule has 0 radical (unpaired) electrons. The van der Waals surface area contributed by atoms with Crippen LogP contribution in [0.25, 0.3) is 11.1 Å². The molecule has 0 aliphatic carbocycles. The van der Waals surface area contributed by atoms with E-state index in [2.05, 4.69) is 76.6 Å². The van der Waals surface area contributed by atoms with Gasteiger partial charge in [0, 0.05) is 30.3 Å². The summed E-state index contributed by atoms with van der Waals surface area (Å²) in [5.74, 6) is 0.524. The first-order chi connectivity index (χ1) is 12.3. The lowest BCUT2D eigenvalue weighted by Crippen LogP contribution is -2.34. The summed E-state index contributed by atoms with van der Waals surface area (Å²) in [5, 5.41) is 7.67. The van der Waals surface area contributed by atoms with Crippen LogP contribution in [0.1, 0.15) is 35.6 Å². The van der Waals surface area contributed by atoms with E-state index in [9.17, 15) is 0 Å². The van der Waals surface area contributed by atoms with Crippen molar-refractivity contribution in [3.8, 4) is 11.1 Å². The van der Waals surface area contributed by atoms with Crippen molar-refractivity contribution in [2.45, 2.75) is 32.2 Å². The Morgan fingerprint density at radius 3 is 2.84 bits per heavy atom. The monoisotopic (exact) mass is 331 g/mol. The highest BCUT2D eigenvalue weighted by Crippen LogP contribution is 2.33. The molecule has 128 valence electrons. The third-order valence-corrected chi connectivity index (χ3v) is 5.16. The molecule has 3 nitrogen and oxygen atoms in total. The number of hydrogen-bond acceptors (Lipinski definition) is 2. The van der Waals surface area contributed by atoms with Crippen LogP contribution in [0.3, 0.4) is 0 Å². The van der Waals surface area contributed by atoms with E-state index in [1.807, 2.05) is 6.20 Å². The molecule has 1 saturated heterocycles. The van der Waals surface area contributed by atoms with Crippen molar-refractivity contribution in [2.24, 2.45) is 0 Å². The van der Waals surface area contributed by atoms with Gasteiger partial charge < -0.3 is 0 Å². The normalized spacial score (nSPS) is 18.4. The highest BCUT2D eigenvalue weighted by Gasteiger charge is 2.25. The fraction of sp³-hybridized carbons (Fsp3) is 0.318. The standard InChI is InChI=1S/C22H25N3/c1-17-7-5-10-19(13-17)21-14-23-24-22(21)20-11-6-12-25(16-20)15-18-8-3-2-4-9-18/h2-5,7-10,13-14,20H,6,11-12,15-16H2,1H3,(H,23,24)/t20-/m1/s1. The average Bonchev–Trinajstić information content (AvgIpc) is 3.13. The fourth-order valence-corrected chi connectivity index (χ4v) is 3.93. The van der Waals surface area contributed by atoms with Gasteiger partial charge in [-0.25, -0.2) is 0 Å². The van der Waals surface area contributed by atoms with E-state index in [1.165, 1.54) is 47.3 Å². The van der Waals surface area contributed by atoms with Gasteiger partial charge in [-0.3, -0.25) is 10.00 Å². The third-order valence-electron chi connectivity index (χ3n) is 5.16. The van der Waals surface area contributed by atoms with Crippen LogP contribution in [0, 0.1) is 6.92 Å². The Kier molecular flexibility index (Phi) is 4.66. The molecule has 4 rings (SSSR count). The summed E-state index contributed by atoms with van der Waals surface area (Å²) in [6, 6.07) is 19.5. The van der Waals surface area contributed by atoms with E-state index in [0.717, 1.165) is 13.1 Å². The number of rotatable bonds is 4. The van der Waals surface area contributed by atoms with Crippen molar-refractivity contribution in [2.75, 3.05) is 13.1 Å².